The molecule has 0 aliphatic heterocycles. The summed E-state index contributed by atoms with van der Waals surface area (Å²) in [6.07, 6.45) is 0. The van der Waals surface area contributed by atoms with E-state index in [2.05, 4.69) is 0 Å². The minimum atomic E-state index is -3.33. The number of anilines is 1. The molecule has 2 rings (SSSR count). The first-order valence-corrected chi connectivity index (χ1v) is 7.69. The molecule has 0 unspecified atom stereocenters. The van der Waals surface area contributed by atoms with E-state index in [-0.39, 0.29) is 5.75 Å². The number of rotatable bonds is 3. The lowest BCUT2D eigenvalue weighted by Crippen LogP contribution is -2.07. The first kappa shape index (κ1) is 13.6. The SMILES string of the molecule is Cc1cc(S(=O)(=O)Cc2ccccc2C)ccc1N. The van der Waals surface area contributed by atoms with Gasteiger partial charge in [0.15, 0.2) is 9.84 Å². The smallest absolute Gasteiger partial charge is 0.182 e. The van der Waals surface area contributed by atoms with Gasteiger partial charge in [0, 0.05) is 5.69 Å². The van der Waals surface area contributed by atoms with Crippen LogP contribution in [0.25, 0.3) is 0 Å². The molecule has 0 amide bonds. The van der Waals surface area contributed by atoms with E-state index in [9.17, 15) is 8.42 Å². The van der Waals surface area contributed by atoms with Gasteiger partial charge in [0.2, 0.25) is 0 Å². The highest BCUT2D eigenvalue weighted by Gasteiger charge is 2.16. The topological polar surface area (TPSA) is 60.2 Å². The van der Waals surface area contributed by atoms with Gasteiger partial charge in [-0.2, -0.15) is 0 Å². The van der Waals surface area contributed by atoms with Crippen LogP contribution in [0.4, 0.5) is 5.69 Å². The Balaban J connectivity index is 2.38. The Kier molecular flexibility index (Phi) is 3.62. The van der Waals surface area contributed by atoms with E-state index in [1.807, 2.05) is 38.1 Å². The fraction of sp³-hybridized carbons (Fsp3) is 0.200. The Morgan fingerprint density at radius 3 is 2.32 bits per heavy atom. The fourth-order valence-electron chi connectivity index (χ4n) is 1.90. The van der Waals surface area contributed by atoms with E-state index in [0.29, 0.717) is 10.6 Å². The minimum Gasteiger partial charge on any atom is -0.399 e. The fourth-order valence-corrected chi connectivity index (χ4v) is 3.43. The molecule has 0 fully saturated rings. The van der Waals surface area contributed by atoms with Crippen LogP contribution in [0, 0.1) is 13.8 Å². The van der Waals surface area contributed by atoms with Crippen LogP contribution >= 0.6 is 0 Å². The quantitative estimate of drug-likeness (QED) is 0.876. The van der Waals surface area contributed by atoms with Gasteiger partial charge in [0.05, 0.1) is 10.6 Å². The number of nitrogen functional groups attached to an aromatic ring is 1. The van der Waals surface area contributed by atoms with Crippen molar-refractivity contribution in [3.05, 3.63) is 59.2 Å². The van der Waals surface area contributed by atoms with E-state index >= 15 is 0 Å². The molecule has 2 aromatic carbocycles. The highest BCUT2D eigenvalue weighted by molar-refractivity contribution is 7.90. The zero-order valence-corrected chi connectivity index (χ0v) is 11.9. The standard InChI is InChI=1S/C15H17NO2S/c1-11-5-3-4-6-13(11)10-19(17,18)14-7-8-15(16)12(2)9-14/h3-9H,10,16H2,1-2H3. The minimum absolute atomic E-state index is 0.0169. The van der Waals surface area contributed by atoms with Gasteiger partial charge in [-0.15, -0.1) is 0 Å². The normalized spacial score (nSPS) is 11.5. The second kappa shape index (κ2) is 5.05. The van der Waals surface area contributed by atoms with Crippen LogP contribution < -0.4 is 5.73 Å². The van der Waals surface area contributed by atoms with Crippen molar-refractivity contribution in [2.45, 2.75) is 24.5 Å². The summed E-state index contributed by atoms with van der Waals surface area (Å²) in [5.74, 6) is 0.0169. The van der Waals surface area contributed by atoms with Gasteiger partial charge in [-0.25, -0.2) is 8.42 Å². The van der Waals surface area contributed by atoms with Crippen LogP contribution in [0.2, 0.25) is 0 Å². The molecule has 0 saturated carbocycles. The average Bonchev–Trinajstić information content (AvgIpc) is 2.35. The van der Waals surface area contributed by atoms with Crippen molar-refractivity contribution in [3.8, 4) is 0 Å². The Morgan fingerprint density at radius 2 is 1.68 bits per heavy atom. The van der Waals surface area contributed by atoms with Crippen LogP contribution in [0.1, 0.15) is 16.7 Å². The Labute approximate surface area is 114 Å². The third-order valence-electron chi connectivity index (χ3n) is 3.21. The number of hydrogen-bond acceptors (Lipinski definition) is 3. The summed E-state index contributed by atoms with van der Waals surface area (Å²) in [5.41, 5.74) is 8.92. The number of aryl methyl sites for hydroxylation is 2. The van der Waals surface area contributed by atoms with Crippen molar-refractivity contribution in [2.24, 2.45) is 0 Å². The van der Waals surface area contributed by atoms with E-state index in [1.54, 1.807) is 18.2 Å². The molecule has 0 heterocycles. The lowest BCUT2D eigenvalue weighted by atomic mass is 10.1. The van der Waals surface area contributed by atoms with Gasteiger partial charge < -0.3 is 5.73 Å². The number of sulfone groups is 1. The molecule has 0 bridgehead atoms. The molecular formula is C15H17NO2S. The average molecular weight is 275 g/mol. The predicted molar refractivity (Wildman–Crippen MR) is 77.7 cm³/mol. The summed E-state index contributed by atoms with van der Waals surface area (Å²) < 4.78 is 24.8. The van der Waals surface area contributed by atoms with Crippen LogP contribution in [-0.2, 0) is 15.6 Å². The molecular weight excluding hydrogens is 258 g/mol. The summed E-state index contributed by atoms with van der Waals surface area (Å²) in [4.78, 5) is 0.322. The zero-order valence-electron chi connectivity index (χ0n) is 11.1. The van der Waals surface area contributed by atoms with Crippen molar-refractivity contribution in [3.63, 3.8) is 0 Å². The molecule has 0 saturated heterocycles. The van der Waals surface area contributed by atoms with Gasteiger partial charge in [-0.1, -0.05) is 24.3 Å². The summed E-state index contributed by atoms with van der Waals surface area (Å²) in [6, 6.07) is 12.3. The maximum Gasteiger partial charge on any atom is 0.182 e. The van der Waals surface area contributed by atoms with Gasteiger partial charge in [-0.05, 0) is 48.7 Å². The van der Waals surface area contributed by atoms with Gasteiger partial charge in [0.1, 0.15) is 0 Å². The Bertz CT molecular complexity index is 706. The molecule has 19 heavy (non-hydrogen) atoms. The molecule has 0 radical (unpaired) electrons. The maximum absolute atomic E-state index is 12.4. The van der Waals surface area contributed by atoms with Crippen molar-refractivity contribution in [2.75, 3.05) is 5.73 Å². The molecule has 0 aliphatic carbocycles. The van der Waals surface area contributed by atoms with Crippen molar-refractivity contribution < 1.29 is 8.42 Å². The third kappa shape index (κ3) is 2.96. The predicted octanol–water partition coefficient (Wildman–Crippen LogP) is 2.86. The van der Waals surface area contributed by atoms with E-state index in [4.69, 9.17) is 5.73 Å². The molecule has 4 heteroatoms. The zero-order chi connectivity index (χ0) is 14.0. The highest BCUT2D eigenvalue weighted by Crippen LogP contribution is 2.21. The molecule has 2 aromatic rings. The first-order chi connectivity index (χ1) is 8.90. The molecule has 0 spiro atoms. The molecule has 100 valence electrons. The molecule has 0 aliphatic rings. The van der Waals surface area contributed by atoms with E-state index < -0.39 is 9.84 Å². The second-order valence-electron chi connectivity index (χ2n) is 4.70. The van der Waals surface area contributed by atoms with Crippen LogP contribution in [0.3, 0.4) is 0 Å². The van der Waals surface area contributed by atoms with Crippen molar-refractivity contribution in [1.82, 2.24) is 0 Å². The van der Waals surface area contributed by atoms with Gasteiger partial charge in [-0.3, -0.25) is 0 Å². The van der Waals surface area contributed by atoms with Crippen LogP contribution in [0.15, 0.2) is 47.4 Å². The molecule has 2 N–H and O–H groups in total. The Morgan fingerprint density at radius 1 is 1.00 bits per heavy atom. The maximum atomic E-state index is 12.4. The number of nitrogens with two attached hydrogens (primary N) is 1. The summed E-state index contributed by atoms with van der Waals surface area (Å²) in [6.45, 7) is 3.72. The van der Waals surface area contributed by atoms with Crippen LogP contribution in [-0.4, -0.2) is 8.42 Å². The number of benzene rings is 2. The first-order valence-electron chi connectivity index (χ1n) is 6.03. The van der Waals surface area contributed by atoms with Crippen molar-refractivity contribution in [1.29, 1.82) is 0 Å². The summed E-state index contributed by atoms with van der Waals surface area (Å²) >= 11 is 0. The lowest BCUT2D eigenvalue weighted by molar-refractivity contribution is 0.595. The van der Waals surface area contributed by atoms with E-state index in [1.165, 1.54) is 0 Å². The third-order valence-corrected chi connectivity index (χ3v) is 4.87. The van der Waals surface area contributed by atoms with E-state index in [0.717, 1.165) is 16.7 Å². The lowest BCUT2D eigenvalue weighted by Gasteiger charge is -2.09. The monoisotopic (exact) mass is 275 g/mol. The van der Waals surface area contributed by atoms with Gasteiger partial charge in [0.25, 0.3) is 0 Å². The van der Waals surface area contributed by atoms with Crippen molar-refractivity contribution >= 4 is 15.5 Å². The molecule has 0 atom stereocenters. The summed E-state index contributed by atoms with van der Waals surface area (Å²) in [5, 5.41) is 0. The van der Waals surface area contributed by atoms with Crippen LogP contribution in [0.5, 0.6) is 0 Å². The Hall–Kier alpha value is -1.81. The highest BCUT2D eigenvalue weighted by atomic mass is 32.2. The second-order valence-corrected chi connectivity index (χ2v) is 6.69. The summed E-state index contributed by atoms with van der Waals surface area (Å²) in [7, 11) is -3.33. The molecule has 0 aromatic heterocycles. The van der Waals surface area contributed by atoms with Gasteiger partial charge >= 0.3 is 0 Å². The largest absolute Gasteiger partial charge is 0.399 e. The molecule has 3 nitrogen and oxygen atoms in total. The number of hydrogen-bond donors (Lipinski definition) is 1.